The molecule has 1 fully saturated rings. The summed E-state index contributed by atoms with van der Waals surface area (Å²) in [7, 11) is 5.49. The Morgan fingerprint density at radius 3 is 1.10 bits per heavy atom. The van der Waals surface area contributed by atoms with Gasteiger partial charge in [-0.1, -0.05) is 104 Å². The van der Waals surface area contributed by atoms with E-state index in [4.69, 9.17) is 18.9 Å². The Balaban J connectivity index is 1.60. The molecule has 2 aromatic heterocycles. The Kier molecular flexibility index (Phi) is 26.4. The summed E-state index contributed by atoms with van der Waals surface area (Å²) < 4.78 is 27.9. The molecule has 8 atom stereocenters. The third-order valence-electron chi connectivity index (χ3n) is 16.4. The molecule has 0 spiro atoms. The van der Waals surface area contributed by atoms with E-state index >= 15 is 9.59 Å². The van der Waals surface area contributed by atoms with Crippen molar-refractivity contribution in [2.45, 2.75) is 211 Å². The summed E-state index contributed by atoms with van der Waals surface area (Å²) in [6.45, 7) is 28.0. The minimum absolute atomic E-state index is 0.0400. The van der Waals surface area contributed by atoms with Gasteiger partial charge in [-0.25, -0.2) is 19.2 Å². The van der Waals surface area contributed by atoms with Gasteiger partial charge in [-0.15, -0.1) is 0 Å². The van der Waals surface area contributed by atoms with Crippen molar-refractivity contribution in [3.05, 3.63) is 93.6 Å². The molecule has 5 rings (SSSR count). The normalized spacial score (nSPS) is 21.7. The molecule has 24 heteroatoms. The maximum atomic E-state index is 15.2. The van der Waals surface area contributed by atoms with Crippen molar-refractivity contribution >= 4 is 70.7 Å². The maximum Gasteiger partial charge on any atom is 0.329 e. The first-order valence-electron chi connectivity index (χ1n) is 31.7. The molecular weight excluding hydrogens is 1180 g/mol. The lowest BCUT2D eigenvalue weighted by molar-refractivity contribution is -0.176. The average molecular weight is 1280 g/mol. The van der Waals surface area contributed by atoms with Crippen molar-refractivity contribution in [1.82, 2.24) is 39.2 Å². The van der Waals surface area contributed by atoms with Gasteiger partial charge >= 0.3 is 23.9 Å². The fraction of sp³-hybridized carbons (Fsp3) is 0.588. The summed E-state index contributed by atoms with van der Waals surface area (Å²) in [6.07, 6.45) is -6.50. The molecule has 0 bridgehead atoms. The Bertz CT molecular complexity index is 3300. The number of ether oxygens (including phenoxy) is 4. The number of benzene rings is 2. The smallest absolute Gasteiger partial charge is 0.329 e. The number of nitrogens with one attached hydrogen (secondary N) is 2. The number of nitrogens with zero attached hydrogens (tertiary/aromatic N) is 8. The summed E-state index contributed by atoms with van der Waals surface area (Å²) in [5, 5.41) is 14.9. The highest BCUT2D eigenvalue weighted by Crippen LogP contribution is 2.27. The number of aryl methyl sites for hydroxylation is 2. The number of esters is 4. The molecule has 2 aromatic carbocycles. The van der Waals surface area contributed by atoms with Crippen LogP contribution in [0.2, 0.25) is 0 Å². The molecule has 1 aliphatic heterocycles. The van der Waals surface area contributed by atoms with Gasteiger partial charge in [-0.05, 0) is 113 Å². The first kappa shape index (κ1) is 74.3. The van der Waals surface area contributed by atoms with Gasteiger partial charge in [0.05, 0.1) is 47.2 Å². The molecule has 92 heavy (non-hydrogen) atoms. The van der Waals surface area contributed by atoms with E-state index < -0.39 is 96.1 Å². The predicted octanol–water partition coefficient (Wildman–Crippen LogP) is 7.30. The van der Waals surface area contributed by atoms with Crippen LogP contribution < -0.4 is 10.6 Å². The second-order valence-corrected chi connectivity index (χ2v) is 26.2. The zero-order chi connectivity index (χ0) is 68.9. The lowest BCUT2D eigenvalue weighted by Gasteiger charge is -2.35. The van der Waals surface area contributed by atoms with Crippen LogP contribution in [-0.4, -0.2) is 175 Å². The highest BCUT2D eigenvalue weighted by molar-refractivity contribution is 5.95. The van der Waals surface area contributed by atoms with Gasteiger partial charge in [-0.2, -0.15) is 10.2 Å². The average Bonchev–Trinajstić information content (AvgIpc) is 1.34. The second kappa shape index (κ2) is 32.7. The summed E-state index contributed by atoms with van der Waals surface area (Å²) >= 11 is 0. The van der Waals surface area contributed by atoms with Crippen molar-refractivity contribution in [3.8, 4) is 0 Å². The third-order valence-corrected chi connectivity index (χ3v) is 16.4. The van der Waals surface area contributed by atoms with Crippen LogP contribution in [0.3, 0.4) is 0 Å². The van der Waals surface area contributed by atoms with Gasteiger partial charge < -0.3 is 49.2 Å². The second-order valence-electron chi connectivity index (χ2n) is 26.2. The fourth-order valence-corrected chi connectivity index (χ4v) is 11.3. The molecular formula is C68H98N10O14. The number of anilines is 2. The first-order chi connectivity index (χ1) is 43.0. The quantitative estimate of drug-likeness (QED) is 0.0730. The van der Waals surface area contributed by atoms with Crippen molar-refractivity contribution < 1.29 is 66.9 Å². The van der Waals surface area contributed by atoms with E-state index in [1.165, 1.54) is 55.9 Å². The predicted molar refractivity (Wildman–Crippen MR) is 345 cm³/mol. The maximum absolute atomic E-state index is 15.2. The molecule has 0 saturated carbocycles. The molecule has 4 aromatic rings. The Morgan fingerprint density at radius 2 is 0.750 bits per heavy atom. The summed E-state index contributed by atoms with van der Waals surface area (Å²) in [5.74, 6) is -8.39. The van der Waals surface area contributed by atoms with E-state index in [1.807, 2.05) is 93.5 Å². The lowest BCUT2D eigenvalue weighted by atomic mass is 9.99. The van der Waals surface area contributed by atoms with E-state index in [-0.39, 0.29) is 80.6 Å². The highest BCUT2D eigenvalue weighted by atomic mass is 16.6. The summed E-state index contributed by atoms with van der Waals surface area (Å²) in [4.78, 5) is 147. The van der Waals surface area contributed by atoms with Crippen molar-refractivity contribution in [2.24, 2.45) is 23.7 Å². The number of amides is 6. The van der Waals surface area contributed by atoms with Crippen LogP contribution in [0.4, 0.5) is 11.4 Å². The largest absolute Gasteiger partial charge is 0.451 e. The monoisotopic (exact) mass is 1280 g/mol. The van der Waals surface area contributed by atoms with E-state index in [1.54, 1.807) is 47.5 Å². The Morgan fingerprint density at radius 1 is 0.446 bits per heavy atom. The number of cyclic esters (lactones) is 4. The molecule has 6 amide bonds. The van der Waals surface area contributed by atoms with Crippen molar-refractivity contribution in [2.75, 3.05) is 38.8 Å². The number of hydrogen-bond donors (Lipinski definition) is 2. The SMILES string of the molecule is CC(=O)Nc1c(C)nn(Cc2ccc(C[C@H]3OC(=O)[C@H](CC(C)C)N(C)C(=O)[C@@H](C)OC(=O)[C@H](CC(C)C)N(C)C(=O)[C@@H](Cc4cccc(Cn5nc(C)c(NC(C)=O)c5C)c4)OC(=O)[C@H](CC(C)C)N(C)C(=O)[C@@H](C)OC(=O)[C@H](CC(C)C)N(C)C3=O)cc2)c1C. The molecule has 0 radical (unpaired) electrons. The molecule has 24 nitrogen and oxygen atoms in total. The van der Waals surface area contributed by atoms with Crippen LogP contribution in [0.1, 0.15) is 154 Å². The molecule has 1 aliphatic rings. The van der Waals surface area contributed by atoms with Crippen molar-refractivity contribution in [1.29, 1.82) is 0 Å². The van der Waals surface area contributed by atoms with E-state index in [2.05, 4.69) is 20.8 Å². The Hall–Kier alpha value is -8.44. The Labute approximate surface area is 541 Å². The summed E-state index contributed by atoms with van der Waals surface area (Å²) in [5.41, 5.74) is 6.58. The standard InChI is InChI=1S/C68H98N10O14/c1-37(2)28-53-65(85)89-46(14)62(82)74(18)56(31-40(7)8)68(88)92-58(34-51-22-21-23-52(32-51)36-78-44(12)60(42(10)72-78)70-48(16)80)64(84)76(20)54(29-38(3)4)66(86)90-45(13)61(81)73(17)55(30-39(5)6)67(87)91-57(63(83)75(53)19)33-49-24-26-50(27-25-49)35-77-43(11)59(41(9)71-77)69-47(15)79/h21-27,32,37-40,45-46,53-58H,28-31,33-36H2,1-20H3,(H,69,79)(H,70,80)/t45-,46-,53+,54+,55+,56+,57-,58-/m1/s1. The lowest BCUT2D eigenvalue weighted by Crippen LogP contribution is -2.55. The molecule has 504 valence electrons. The van der Waals surface area contributed by atoms with E-state index in [0.717, 1.165) is 36.4 Å². The van der Waals surface area contributed by atoms with Gasteiger partial charge in [0.25, 0.3) is 23.6 Å². The minimum Gasteiger partial charge on any atom is -0.451 e. The van der Waals surface area contributed by atoms with Crippen LogP contribution >= 0.6 is 0 Å². The number of rotatable bonds is 18. The number of aromatic nitrogens is 4. The van der Waals surface area contributed by atoms with Crippen molar-refractivity contribution in [3.63, 3.8) is 0 Å². The first-order valence-corrected chi connectivity index (χ1v) is 31.7. The molecule has 0 aliphatic carbocycles. The van der Waals surface area contributed by atoms with Crippen LogP contribution in [0, 0.1) is 51.4 Å². The van der Waals surface area contributed by atoms with Gasteiger partial charge in [0, 0.05) is 54.9 Å². The van der Waals surface area contributed by atoms with E-state index in [9.17, 15) is 38.4 Å². The fourth-order valence-electron chi connectivity index (χ4n) is 11.3. The molecule has 2 N–H and O–H groups in total. The minimum atomic E-state index is -1.61. The topological polar surface area (TPSA) is 280 Å². The van der Waals surface area contributed by atoms with Gasteiger partial charge in [-0.3, -0.25) is 38.1 Å². The van der Waals surface area contributed by atoms with Gasteiger partial charge in [0.1, 0.15) is 24.2 Å². The number of hydrogen-bond acceptors (Lipinski definition) is 16. The molecule has 1 saturated heterocycles. The summed E-state index contributed by atoms with van der Waals surface area (Å²) in [6, 6.07) is 9.03. The van der Waals surface area contributed by atoms with Crippen LogP contribution in [0.5, 0.6) is 0 Å². The van der Waals surface area contributed by atoms with Gasteiger partial charge in [0.2, 0.25) is 11.8 Å². The highest BCUT2D eigenvalue weighted by Gasteiger charge is 2.43. The van der Waals surface area contributed by atoms with E-state index in [0.29, 0.717) is 46.1 Å². The zero-order valence-corrected chi connectivity index (χ0v) is 57.5. The number of carbonyl (C=O) groups is 10. The van der Waals surface area contributed by atoms with Crippen LogP contribution in [-0.2, 0) is 92.8 Å². The van der Waals surface area contributed by atoms with Gasteiger partial charge in [0.15, 0.2) is 24.4 Å². The molecule has 0 unspecified atom stereocenters. The number of carbonyl (C=O) groups excluding carboxylic acids is 10. The molecule has 3 heterocycles. The number of likely N-dealkylation sites (N-methyl/N-ethyl adjacent to an activating group) is 4. The van der Waals surface area contributed by atoms with Crippen LogP contribution in [0.15, 0.2) is 48.5 Å². The van der Waals surface area contributed by atoms with Crippen LogP contribution in [0.25, 0.3) is 0 Å². The third kappa shape index (κ3) is 19.8. The zero-order valence-electron chi connectivity index (χ0n) is 57.5.